The van der Waals surface area contributed by atoms with Gasteiger partial charge in [0.1, 0.15) is 24.4 Å². The van der Waals surface area contributed by atoms with Crippen LogP contribution in [0.15, 0.2) is 134 Å². The summed E-state index contributed by atoms with van der Waals surface area (Å²) in [6.07, 6.45) is 1.58. The van der Waals surface area contributed by atoms with Crippen molar-refractivity contribution in [3.05, 3.63) is 156 Å². The summed E-state index contributed by atoms with van der Waals surface area (Å²) in [5.41, 5.74) is 4.22. The lowest BCUT2D eigenvalue weighted by molar-refractivity contribution is -0.209. The third kappa shape index (κ3) is 9.28. The maximum atomic E-state index is 13.2. The minimum absolute atomic E-state index is 0.0442. The van der Waals surface area contributed by atoms with Crippen molar-refractivity contribution in [2.45, 2.75) is 82.9 Å². The molecule has 0 unspecified atom stereocenters. The van der Waals surface area contributed by atoms with E-state index in [4.69, 9.17) is 23.7 Å². The van der Waals surface area contributed by atoms with Crippen molar-refractivity contribution >= 4 is 5.78 Å². The molecule has 250 valence electrons. The van der Waals surface area contributed by atoms with E-state index in [2.05, 4.69) is 17.0 Å². The molecule has 4 aromatic rings. The highest BCUT2D eigenvalue weighted by molar-refractivity contribution is 5.90. The fourth-order valence-electron chi connectivity index (χ4n) is 6.34. The van der Waals surface area contributed by atoms with Crippen molar-refractivity contribution < 1.29 is 28.5 Å². The summed E-state index contributed by atoms with van der Waals surface area (Å²) in [5.74, 6) is -0.741. The van der Waals surface area contributed by atoms with E-state index in [1.54, 1.807) is 6.08 Å². The summed E-state index contributed by atoms with van der Waals surface area (Å²) in [6.45, 7) is 5.78. The van der Waals surface area contributed by atoms with Crippen LogP contribution in [0.25, 0.3) is 0 Å². The zero-order valence-electron chi connectivity index (χ0n) is 27.7. The molecule has 7 nitrogen and oxygen atoms in total. The second kappa shape index (κ2) is 16.3. The molecule has 1 fully saturated rings. The van der Waals surface area contributed by atoms with Gasteiger partial charge in [-0.3, -0.25) is 4.79 Å². The van der Waals surface area contributed by atoms with Gasteiger partial charge >= 0.3 is 0 Å². The van der Waals surface area contributed by atoms with E-state index in [9.17, 15) is 4.79 Å². The number of carbonyl (C=O) groups excluding carboxylic acids is 1. The molecule has 0 spiro atoms. The number of nitrogens with zero attached hydrogens (tertiary/aromatic N) is 1. The number of allylic oxidation sites excluding steroid dienone is 1. The lowest BCUT2D eigenvalue weighted by atomic mass is 9.90. The molecule has 0 N–H and O–H groups in total. The summed E-state index contributed by atoms with van der Waals surface area (Å²) in [7, 11) is 0. The minimum atomic E-state index is -0.785. The summed E-state index contributed by atoms with van der Waals surface area (Å²) >= 11 is 0. The van der Waals surface area contributed by atoms with Gasteiger partial charge in [0.25, 0.3) is 0 Å². The average Bonchev–Trinajstić information content (AvgIpc) is 3.48. The van der Waals surface area contributed by atoms with Crippen LogP contribution < -0.4 is 0 Å². The Morgan fingerprint density at radius 1 is 0.688 bits per heavy atom. The molecule has 0 radical (unpaired) electrons. The van der Waals surface area contributed by atoms with Crippen LogP contribution in [0.2, 0.25) is 0 Å². The van der Waals surface area contributed by atoms with Crippen molar-refractivity contribution in [1.29, 1.82) is 0 Å². The second-order valence-electron chi connectivity index (χ2n) is 12.9. The van der Waals surface area contributed by atoms with Crippen LogP contribution in [0, 0.1) is 0 Å². The number of benzene rings is 4. The Balaban J connectivity index is 1.40. The van der Waals surface area contributed by atoms with Gasteiger partial charge in [0, 0.05) is 19.2 Å². The molecule has 7 heteroatoms. The average molecular weight is 648 g/mol. The zero-order chi connectivity index (χ0) is 33.2. The number of ketones is 1. The van der Waals surface area contributed by atoms with Crippen molar-refractivity contribution in [2.24, 2.45) is 0 Å². The molecule has 1 saturated heterocycles. The predicted molar refractivity (Wildman–Crippen MR) is 184 cm³/mol. The highest BCUT2D eigenvalue weighted by Gasteiger charge is 2.48. The molecule has 6 rings (SSSR count). The van der Waals surface area contributed by atoms with E-state index >= 15 is 0 Å². The summed E-state index contributed by atoms with van der Waals surface area (Å²) < 4.78 is 33.3. The van der Waals surface area contributed by atoms with E-state index in [0.29, 0.717) is 33.0 Å². The van der Waals surface area contributed by atoms with E-state index in [0.717, 1.165) is 22.3 Å². The van der Waals surface area contributed by atoms with Crippen LogP contribution in [-0.4, -0.2) is 53.5 Å². The Morgan fingerprint density at radius 2 is 1.17 bits per heavy atom. The van der Waals surface area contributed by atoms with Crippen LogP contribution in [0.1, 0.15) is 42.5 Å². The molecule has 4 aromatic carbocycles. The van der Waals surface area contributed by atoms with Gasteiger partial charge < -0.3 is 28.6 Å². The highest BCUT2D eigenvalue weighted by Crippen LogP contribution is 2.33. The van der Waals surface area contributed by atoms with Crippen LogP contribution in [0.3, 0.4) is 0 Å². The maximum absolute atomic E-state index is 13.2. The molecule has 2 heterocycles. The first-order valence-corrected chi connectivity index (χ1v) is 16.7. The summed E-state index contributed by atoms with van der Waals surface area (Å²) in [5, 5.41) is 0. The van der Waals surface area contributed by atoms with E-state index in [-0.39, 0.29) is 18.2 Å². The molecule has 0 saturated carbocycles. The first-order valence-electron chi connectivity index (χ1n) is 16.7. The minimum Gasteiger partial charge on any atom is -0.369 e. The van der Waals surface area contributed by atoms with Gasteiger partial charge in [0.15, 0.2) is 11.6 Å². The van der Waals surface area contributed by atoms with E-state index in [1.807, 2.05) is 129 Å². The first-order chi connectivity index (χ1) is 23.4. The van der Waals surface area contributed by atoms with Crippen molar-refractivity contribution in [3.63, 3.8) is 0 Å². The third-order valence-electron chi connectivity index (χ3n) is 8.78. The smallest absolute Gasteiger partial charge is 0.163 e. The fourth-order valence-corrected chi connectivity index (χ4v) is 6.34. The maximum Gasteiger partial charge on any atom is 0.163 e. The molecule has 0 amide bonds. The van der Waals surface area contributed by atoms with E-state index in [1.165, 1.54) is 0 Å². The largest absolute Gasteiger partial charge is 0.369 e. The SMILES string of the molecule is CC1(C)OC[C@H]([C@@H](OCc2ccccc2)[C@H](OCc2ccccc2)[C@H](OCc2ccccc2)[C@@H]2CC(=O)C=CN2Cc2ccccc2)O1. The molecule has 0 aliphatic carbocycles. The number of hydrogen-bond acceptors (Lipinski definition) is 7. The molecule has 0 aromatic heterocycles. The third-order valence-corrected chi connectivity index (χ3v) is 8.78. The van der Waals surface area contributed by atoms with Crippen molar-refractivity contribution in [3.8, 4) is 0 Å². The van der Waals surface area contributed by atoms with Gasteiger partial charge in [0.05, 0.1) is 32.5 Å². The fraction of sp³-hybridized carbons (Fsp3) is 0.341. The molecule has 48 heavy (non-hydrogen) atoms. The highest BCUT2D eigenvalue weighted by atomic mass is 16.8. The normalized spacial score (nSPS) is 20.8. The van der Waals surface area contributed by atoms with Gasteiger partial charge in [-0.05, 0) is 42.2 Å². The Kier molecular flexibility index (Phi) is 11.5. The molecule has 2 aliphatic heterocycles. The van der Waals surface area contributed by atoms with E-state index < -0.39 is 30.2 Å². The van der Waals surface area contributed by atoms with Crippen LogP contribution in [0.5, 0.6) is 0 Å². The Labute approximate surface area is 284 Å². The lowest BCUT2D eigenvalue weighted by Crippen LogP contribution is -2.57. The molecular weight excluding hydrogens is 602 g/mol. The van der Waals surface area contributed by atoms with Crippen molar-refractivity contribution in [2.75, 3.05) is 6.61 Å². The quantitative estimate of drug-likeness (QED) is 0.135. The second-order valence-corrected chi connectivity index (χ2v) is 12.9. The van der Waals surface area contributed by atoms with Crippen LogP contribution in [-0.2, 0) is 54.8 Å². The molecule has 2 aliphatic rings. The monoisotopic (exact) mass is 647 g/mol. The molecule has 5 atom stereocenters. The van der Waals surface area contributed by atoms with Crippen LogP contribution in [0.4, 0.5) is 0 Å². The van der Waals surface area contributed by atoms with Gasteiger partial charge in [-0.2, -0.15) is 0 Å². The lowest BCUT2D eigenvalue weighted by Gasteiger charge is -2.44. The number of rotatable bonds is 15. The number of ether oxygens (including phenoxy) is 5. The number of carbonyl (C=O) groups is 1. The predicted octanol–water partition coefficient (Wildman–Crippen LogP) is 7.25. The van der Waals surface area contributed by atoms with Gasteiger partial charge in [0.2, 0.25) is 0 Å². The Bertz CT molecular complexity index is 1580. The Hall–Kier alpha value is -4.11. The van der Waals surface area contributed by atoms with Gasteiger partial charge in [-0.1, -0.05) is 121 Å². The van der Waals surface area contributed by atoms with Gasteiger partial charge in [-0.15, -0.1) is 0 Å². The molecular formula is C41H45NO6. The first kappa shape index (κ1) is 33.8. The van der Waals surface area contributed by atoms with Gasteiger partial charge in [-0.25, -0.2) is 0 Å². The van der Waals surface area contributed by atoms with Crippen molar-refractivity contribution in [1.82, 2.24) is 4.90 Å². The Morgan fingerprint density at radius 3 is 1.67 bits per heavy atom. The molecule has 0 bridgehead atoms. The van der Waals surface area contributed by atoms with Crippen LogP contribution >= 0.6 is 0 Å². The zero-order valence-corrected chi connectivity index (χ0v) is 27.7. The topological polar surface area (TPSA) is 66.5 Å². The summed E-state index contributed by atoms with van der Waals surface area (Å²) in [6, 6.07) is 40.2. The standard InChI is InChI=1S/C41H45NO6/c1-41(2)47-30-37(48-41)39(45-28-33-19-11-5-12-20-33)40(46-29-34-21-13-6-14-22-34)38(44-27-32-17-9-4-10-18-32)36-25-35(43)23-24-42(36)26-31-15-7-3-8-16-31/h3-24,36-40H,25-30H2,1-2H3/t36-,37+,38+,39+,40+/m0/s1. The number of hydrogen-bond donors (Lipinski definition) is 0. The summed E-state index contributed by atoms with van der Waals surface area (Å²) in [4.78, 5) is 15.4.